The average molecular weight is 299 g/mol. The van der Waals surface area contributed by atoms with Gasteiger partial charge in [-0.2, -0.15) is 0 Å². The molecule has 22 heavy (non-hydrogen) atoms. The third kappa shape index (κ3) is 5.13. The zero-order chi connectivity index (χ0) is 15.8. The lowest BCUT2D eigenvalue weighted by molar-refractivity contribution is -0.123. The van der Waals surface area contributed by atoms with E-state index < -0.39 is 0 Å². The third-order valence-electron chi connectivity index (χ3n) is 3.06. The second-order valence-corrected chi connectivity index (χ2v) is 4.96. The number of hydrogen-bond acceptors (Lipinski definition) is 3. The molecule has 0 aliphatic rings. The standard InChI is InChI=1S/C18H21NO3/c1-3-21-16-8-5-9-17(11-16)22-13-18(20)19-12-15-7-4-6-14(2)10-15/h4-11H,3,12-13H2,1-2H3,(H,19,20). The van der Waals surface area contributed by atoms with E-state index in [4.69, 9.17) is 9.47 Å². The second kappa shape index (κ2) is 8.08. The minimum atomic E-state index is -0.150. The van der Waals surface area contributed by atoms with Gasteiger partial charge in [0, 0.05) is 12.6 Å². The number of ether oxygens (including phenoxy) is 2. The largest absolute Gasteiger partial charge is 0.494 e. The number of carbonyl (C=O) groups excluding carboxylic acids is 1. The van der Waals surface area contributed by atoms with Crippen molar-refractivity contribution in [2.24, 2.45) is 0 Å². The van der Waals surface area contributed by atoms with Crippen LogP contribution in [-0.2, 0) is 11.3 Å². The van der Waals surface area contributed by atoms with Crippen LogP contribution in [0, 0.1) is 6.92 Å². The number of nitrogens with one attached hydrogen (secondary N) is 1. The van der Waals surface area contributed by atoms with Gasteiger partial charge in [0.1, 0.15) is 11.5 Å². The molecule has 1 N–H and O–H groups in total. The van der Waals surface area contributed by atoms with Gasteiger partial charge < -0.3 is 14.8 Å². The minimum Gasteiger partial charge on any atom is -0.494 e. The number of amides is 1. The lowest BCUT2D eigenvalue weighted by Crippen LogP contribution is -2.28. The van der Waals surface area contributed by atoms with E-state index in [1.165, 1.54) is 5.56 Å². The Hall–Kier alpha value is -2.49. The summed E-state index contributed by atoms with van der Waals surface area (Å²) >= 11 is 0. The Labute approximate surface area is 131 Å². The van der Waals surface area contributed by atoms with E-state index in [1.54, 1.807) is 12.1 Å². The summed E-state index contributed by atoms with van der Waals surface area (Å²) in [5.74, 6) is 1.21. The molecular formula is C18H21NO3. The van der Waals surface area contributed by atoms with Crippen LogP contribution in [0.5, 0.6) is 11.5 Å². The summed E-state index contributed by atoms with van der Waals surface area (Å²) in [5.41, 5.74) is 2.25. The number of carbonyl (C=O) groups is 1. The Morgan fingerprint density at radius 3 is 2.50 bits per heavy atom. The van der Waals surface area contributed by atoms with Gasteiger partial charge in [-0.25, -0.2) is 0 Å². The summed E-state index contributed by atoms with van der Waals surface area (Å²) in [6.45, 7) is 5.04. The zero-order valence-corrected chi connectivity index (χ0v) is 13.0. The summed E-state index contributed by atoms with van der Waals surface area (Å²) in [7, 11) is 0. The summed E-state index contributed by atoms with van der Waals surface area (Å²) in [6, 6.07) is 15.3. The fourth-order valence-corrected chi connectivity index (χ4v) is 2.04. The van der Waals surface area contributed by atoms with Gasteiger partial charge in [0.25, 0.3) is 5.91 Å². The van der Waals surface area contributed by atoms with Gasteiger partial charge >= 0.3 is 0 Å². The van der Waals surface area contributed by atoms with Crippen LogP contribution in [0.1, 0.15) is 18.1 Å². The second-order valence-electron chi connectivity index (χ2n) is 4.96. The summed E-state index contributed by atoms with van der Waals surface area (Å²) < 4.78 is 10.9. The molecule has 0 aliphatic carbocycles. The van der Waals surface area contributed by atoms with Crippen molar-refractivity contribution in [1.82, 2.24) is 5.32 Å². The first-order valence-electron chi connectivity index (χ1n) is 7.35. The molecule has 0 aromatic heterocycles. The smallest absolute Gasteiger partial charge is 0.258 e. The van der Waals surface area contributed by atoms with Gasteiger partial charge in [-0.3, -0.25) is 4.79 Å². The molecule has 2 aromatic rings. The molecule has 0 spiro atoms. The number of hydrogen-bond donors (Lipinski definition) is 1. The van der Waals surface area contributed by atoms with Crippen molar-refractivity contribution in [3.05, 3.63) is 59.7 Å². The molecule has 0 radical (unpaired) electrons. The third-order valence-corrected chi connectivity index (χ3v) is 3.06. The highest BCUT2D eigenvalue weighted by atomic mass is 16.5. The Bertz CT molecular complexity index is 625. The van der Waals surface area contributed by atoms with Crippen LogP contribution in [0.15, 0.2) is 48.5 Å². The minimum absolute atomic E-state index is 0.0125. The highest BCUT2D eigenvalue weighted by molar-refractivity contribution is 5.77. The quantitative estimate of drug-likeness (QED) is 0.854. The van der Waals surface area contributed by atoms with Crippen LogP contribution in [0.25, 0.3) is 0 Å². The van der Waals surface area contributed by atoms with Crippen molar-refractivity contribution < 1.29 is 14.3 Å². The van der Waals surface area contributed by atoms with Gasteiger partial charge in [0.15, 0.2) is 6.61 Å². The maximum atomic E-state index is 11.8. The Kier molecular flexibility index (Phi) is 5.83. The lowest BCUT2D eigenvalue weighted by Gasteiger charge is -2.09. The van der Waals surface area contributed by atoms with Crippen LogP contribution in [0.3, 0.4) is 0 Å². The molecule has 0 bridgehead atoms. The van der Waals surface area contributed by atoms with Gasteiger partial charge in [-0.1, -0.05) is 35.9 Å². The van der Waals surface area contributed by atoms with E-state index in [0.717, 1.165) is 11.3 Å². The van der Waals surface area contributed by atoms with E-state index in [1.807, 2.05) is 50.2 Å². The number of benzene rings is 2. The predicted octanol–water partition coefficient (Wildman–Crippen LogP) is 3.09. The maximum absolute atomic E-state index is 11.8. The Balaban J connectivity index is 1.79. The molecule has 2 rings (SSSR count). The molecule has 0 atom stereocenters. The highest BCUT2D eigenvalue weighted by Gasteiger charge is 2.04. The molecule has 116 valence electrons. The zero-order valence-electron chi connectivity index (χ0n) is 13.0. The van der Waals surface area contributed by atoms with Gasteiger partial charge in [0.2, 0.25) is 0 Å². The van der Waals surface area contributed by atoms with Crippen LogP contribution in [0.2, 0.25) is 0 Å². The van der Waals surface area contributed by atoms with Crippen molar-refractivity contribution >= 4 is 5.91 Å². The lowest BCUT2D eigenvalue weighted by atomic mass is 10.1. The van der Waals surface area contributed by atoms with Crippen molar-refractivity contribution in [2.45, 2.75) is 20.4 Å². The molecule has 0 fully saturated rings. The number of rotatable bonds is 7. The molecule has 4 nitrogen and oxygen atoms in total. The maximum Gasteiger partial charge on any atom is 0.258 e. The molecule has 0 saturated heterocycles. The molecular weight excluding hydrogens is 278 g/mol. The van der Waals surface area contributed by atoms with Crippen LogP contribution < -0.4 is 14.8 Å². The van der Waals surface area contributed by atoms with E-state index in [-0.39, 0.29) is 12.5 Å². The van der Waals surface area contributed by atoms with E-state index >= 15 is 0 Å². The topological polar surface area (TPSA) is 47.6 Å². The Morgan fingerprint density at radius 2 is 1.77 bits per heavy atom. The van der Waals surface area contributed by atoms with Crippen LogP contribution in [0.4, 0.5) is 0 Å². The average Bonchev–Trinajstić information content (AvgIpc) is 2.52. The first-order chi connectivity index (χ1) is 10.7. The summed E-state index contributed by atoms with van der Waals surface area (Å²) in [6.07, 6.45) is 0. The summed E-state index contributed by atoms with van der Waals surface area (Å²) in [5, 5.41) is 2.84. The Morgan fingerprint density at radius 1 is 1.05 bits per heavy atom. The normalized spacial score (nSPS) is 10.1. The molecule has 0 heterocycles. The molecule has 1 amide bonds. The fourth-order valence-electron chi connectivity index (χ4n) is 2.04. The van der Waals surface area contributed by atoms with Crippen molar-refractivity contribution in [1.29, 1.82) is 0 Å². The molecule has 0 saturated carbocycles. The van der Waals surface area contributed by atoms with Crippen LogP contribution in [-0.4, -0.2) is 19.1 Å². The van der Waals surface area contributed by atoms with E-state index in [2.05, 4.69) is 5.32 Å². The molecule has 0 aliphatic heterocycles. The highest BCUT2D eigenvalue weighted by Crippen LogP contribution is 2.19. The molecule has 4 heteroatoms. The molecule has 2 aromatic carbocycles. The van der Waals surface area contributed by atoms with Crippen molar-refractivity contribution in [2.75, 3.05) is 13.2 Å². The monoisotopic (exact) mass is 299 g/mol. The van der Waals surface area contributed by atoms with Gasteiger partial charge in [-0.05, 0) is 31.5 Å². The first-order valence-corrected chi connectivity index (χ1v) is 7.35. The SMILES string of the molecule is CCOc1cccc(OCC(=O)NCc2cccc(C)c2)c1. The number of aryl methyl sites for hydroxylation is 1. The van der Waals surface area contributed by atoms with E-state index in [9.17, 15) is 4.79 Å². The van der Waals surface area contributed by atoms with Crippen LogP contribution >= 0.6 is 0 Å². The first kappa shape index (κ1) is 15.9. The van der Waals surface area contributed by atoms with Crippen molar-refractivity contribution in [3.63, 3.8) is 0 Å². The predicted molar refractivity (Wildman–Crippen MR) is 86.1 cm³/mol. The van der Waals surface area contributed by atoms with Crippen molar-refractivity contribution in [3.8, 4) is 11.5 Å². The summed E-state index contributed by atoms with van der Waals surface area (Å²) in [4.78, 5) is 11.8. The van der Waals surface area contributed by atoms with E-state index in [0.29, 0.717) is 18.9 Å². The fraction of sp³-hybridized carbons (Fsp3) is 0.278. The van der Waals surface area contributed by atoms with Gasteiger partial charge in [-0.15, -0.1) is 0 Å². The van der Waals surface area contributed by atoms with Gasteiger partial charge in [0.05, 0.1) is 6.61 Å². The molecule has 0 unspecified atom stereocenters.